The lowest BCUT2D eigenvalue weighted by Crippen LogP contribution is -2.68. The standard InChI is InChI=1S/C12H14F10O.C12H17F7O.C11H13F9O.CH2F2.3CH3FO2S/c1-3-6-4-8(2,14)11(19,20)7(10(6,17)18)12(21,22)23-9(15,16)5-13;1-3-8-4-7(2)5-9(11(8,16)17)12(18,19)20-10(14,15)6-13;1-3-6-4-8(15,11(19,20)21-5-12)10(17,18)9(6,16)7(2,13)14;2-1-3;3*1-5(2,3)4/h6-7H,3-5H2,1-2H3;7-9H,3-6H2,1-2H3;6H,3-5H2,1-2H3;1H2;3*1H3. The normalized spacial score (nSPS) is 29.1. The van der Waals surface area contributed by atoms with Gasteiger partial charge < -0.3 is 0 Å². The SMILES string of the molecule is CCC1CC(C)(F)C(F)(F)C(C(F)(F)OC(F)(F)CF)C1(F)F.CCC1CC(C)CC(C(F)(F)OC(F)(F)CF)C1(F)F.CCC1CC(F)(C(F)(F)OCF)C(F)(F)C1(F)C(C)(F)F.CS(=O)(=O)F.CS(=O)(=O)F.CS(=O)(=O)F.FCF. The summed E-state index contributed by atoms with van der Waals surface area (Å²) in [5.74, 6) is -38.4. The van der Waals surface area contributed by atoms with Crippen molar-refractivity contribution >= 4 is 30.7 Å². The molecule has 9 atom stereocenters. The van der Waals surface area contributed by atoms with Crippen LogP contribution in [0.4, 0.5) is 135 Å². The van der Waals surface area contributed by atoms with Gasteiger partial charge in [-0.2, -0.15) is 77.9 Å². The van der Waals surface area contributed by atoms with Crippen molar-refractivity contribution in [3.8, 4) is 0 Å². The molecule has 3 aliphatic carbocycles. The predicted molar refractivity (Wildman–Crippen MR) is 224 cm³/mol. The lowest BCUT2D eigenvalue weighted by Gasteiger charge is -2.50. The average molecular weight is 1350 g/mol. The summed E-state index contributed by atoms with van der Waals surface area (Å²) >= 11 is 0. The van der Waals surface area contributed by atoms with E-state index in [1.165, 1.54) is 13.8 Å². The predicted octanol–water partition coefficient (Wildman–Crippen LogP) is 15.4. The van der Waals surface area contributed by atoms with Crippen molar-refractivity contribution in [3.05, 3.63) is 0 Å². The summed E-state index contributed by atoms with van der Waals surface area (Å²) < 4.78 is 461. The molecule has 500 valence electrons. The third-order valence-corrected chi connectivity index (χ3v) is 11.4. The summed E-state index contributed by atoms with van der Waals surface area (Å²) in [6, 6.07) is 0. The molecule has 0 aromatic rings. The molecular weight excluding hydrogens is 1300 g/mol. The molecule has 0 aromatic carbocycles. The molecule has 3 saturated carbocycles. The maximum absolute atomic E-state index is 14.3. The molecule has 3 rings (SSSR count). The molecule has 0 saturated heterocycles. The maximum atomic E-state index is 14.3. The second-order valence-corrected chi connectivity index (χ2v) is 22.3. The highest BCUT2D eigenvalue weighted by Crippen LogP contribution is 2.67. The fourth-order valence-corrected chi connectivity index (χ4v) is 8.03. The van der Waals surface area contributed by atoms with E-state index in [1.54, 1.807) is 0 Å². The van der Waals surface area contributed by atoms with Crippen molar-refractivity contribution in [2.75, 3.05) is 45.9 Å². The van der Waals surface area contributed by atoms with Gasteiger partial charge in [-0.25, -0.2) is 70.2 Å². The highest BCUT2D eigenvalue weighted by molar-refractivity contribution is 7.86. The van der Waals surface area contributed by atoms with Crippen molar-refractivity contribution in [3.63, 3.8) is 0 Å². The number of rotatable bonds is 15. The van der Waals surface area contributed by atoms with Crippen molar-refractivity contribution < 1.29 is 174 Å². The first-order valence-corrected chi connectivity index (χ1v) is 27.4. The van der Waals surface area contributed by atoms with Crippen LogP contribution in [0.1, 0.15) is 86.5 Å². The molecular formula is C39H55F31O9S3. The Morgan fingerprint density at radius 3 is 1.13 bits per heavy atom. The smallest absolute Gasteiger partial charge is 0.286 e. The van der Waals surface area contributed by atoms with Gasteiger partial charge in [0, 0.05) is 31.1 Å². The zero-order valence-corrected chi connectivity index (χ0v) is 45.8. The van der Waals surface area contributed by atoms with E-state index in [2.05, 4.69) is 14.2 Å². The molecule has 0 radical (unpaired) electrons. The van der Waals surface area contributed by atoms with Crippen LogP contribution < -0.4 is 0 Å². The Morgan fingerprint density at radius 2 is 0.854 bits per heavy atom. The van der Waals surface area contributed by atoms with Gasteiger partial charge in [0.15, 0.2) is 31.8 Å². The minimum Gasteiger partial charge on any atom is -0.286 e. The monoisotopic (exact) mass is 1350 g/mol. The number of hydrogen-bond donors (Lipinski definition) is 0. The van der Waals surface area contributed by atoms with Gasteiger partial charge in [-0.15, -0.1) is 11.7 Å². The van der Waals surface area contributed by atoms with E-state index in [-0.39, 0.29) is 26.7 Å². The van der Waals surface area contributed by atoms with Crippen molar-refractivity contribution in [1.82, 2.24) is 0 Å². The molecule has 3 fully saturated rings. The Balaban J connectivity index is -0.000000483. The molecule has 0 N–H and O–H groups in total. The third-order valence-electron chi connectivity index (χ3n) is 11.4. The minimum absolute atomic E-state index is 0.0373. The van der Waals surface area contributed by atoms with E-state index in [0.29, 0.717) is 18.8 Å². The second-order valence-electron chi connectivity index (χ2n) is 18.2. The fourth-order valence-electron chi connectivity index (χ4n) is 8.03. The minimum atomic E-state index is -5.87. The Hall–Kier alpha value is -2.44. The summed E-state index contributed by atoms with van der Waals surface area (Å²) in [4.78, 5) is 0. The van der Waals surface area contributed by atoms with Crippen molar-refractivity contribution in [2.45, 2.75) is 164 Å². The number of hydrogen-bond acceptors (Lipinski definition) is 9. The van der Waals surface area contributed by atoms with E-state index >= 15 is 0 Å². The molecule has 0 aromatic heterocycles. The van der Waals surface area contributed by atoms with Crippen LogP contribution in [-0.4, -0.2) is 148 Å². The Bertz CT molecular complexity index is 2160. The lowest BCUT2D eigenvalue weighted by atomic mass is 9.67. The number of ether oxygens (including phenoxy) is 3. The molecule has 9 nitrogen and oxygen atoms in total. The Morgan fingerprint density at radius 1 is 0.524 bits per heavy atom. The van der Waals surface area contributed by atoms with Gasteiger partial charge >= 0.3 is 36.5 Å². The summed E-state index contributed by atoms with van der Waals surface area (Å²) in [5.41, 5.74) is -13.7. The van der Waals surface area contributed by atoms with Crippen molar-refractivity contribution in [1.29, 1.82) is 0 Å². The second kappa shape index (κ2) is 30.0. The topological polar surface area (TPSA) is 130 Å². The van der Waals surface area contributed by atoms with E-state index in [1.807, 2.05) is 0 Å². The Kier molecular flexibility index (Phi) is 31.4. The largest absolute Gasteiger partial charge is 0.398 e. The quantitative estimate of drug-likeness (QED) is 0.116. The molecule has 0 bridgehead atoms. The van der Waals surface area contributed by atoms with Gasteiger partial charge in [-0.05, 0) is 51.4 Å². The van der Waals surface area contributed by atoms with Crippen LogP contribution in [-0.2, 0) is 44.9 Å². The molecule has 3 aliphatic rings. The molecule has 0 amide bonds. The van der Waals surface area contributed by atoms with Gasteiger partial charge in [0.2, 0.25) is 12.6 Å². The van der Waals surface area contributed by atoms with Gasteiger partial charge in [0.25, 0.3) is 60.0 Å². The fraction of sp³-hybridized carbons (Fsp3) is 1.00. The van der Waals surface area contributed by atoms with Crippen LogP contribution in [0.25, 0.3) is 0 Å². The van der Waals surface area contributed by atoms with Crippen LogP contribution in [0.3, 0.4) is 0 Å². The maximum Gasteiger partial charge on any atom is 0.398 e. The van der Waals surface area contributed by atoms with Crippen molar-refractivity contribution in [2.24, 2.45) is 35.5 Å². The van der Waals surface area contributed by atoms with E-state index in [0.717, 1.165) is 13.8 Å². The Labute approximate surface area is 449 Å². The van der Waals surface area contributed by atoms with Crippen LogP contribution >= 0.6 is 0 Å². The molecule has 43 heteroatoms. The van der Waals surface area contributed by atoms with E-state index in [4.69, 9.17) is 25.3 Å². The lowest BCUT2D eigenvalue weighted by molar-refractivity contribution is -0.447. The van der Waals surface area contributed by atoms with Gasteiger partial charge in [-0.1, -0.05) is 27.7 Å². The van der Waals surface area contributed by atoms with Gasteiger partial charge in [0.05, 0.1) is 18.8 Å². The van der Waals surface area contributed by atoms with E-state index in [9.17, 15) is 135 Å². The molecule has 0 spiro atoms. The van der Waals surface area contributed by atoms with Gasteiger partial charge in [-0.3, -0.25) is 14.2 Å². The summed E-state index contributed by atoms with van der Waals surface area (Å²) in [7, 11) is -12.5. The summed E-state index contributed by atoms with van der Waals surface area (Å²) in [5, 5.41) is 0. The molecule has 0 heterocycles. The highest BCUT2D eigenvalue weighted by atomic mass is 32.3. The molecule has 0 aliphatic heterocycles. The summed E-state index contributed by atoms with van der Waals surface area (Å²) in [6.45, 7) is -4.65. The molecule has 9 unspecified atom stereocenters. The highest BCUT2D eigenvalue weighted by Gasteiger charge is 2.89. The first-order valence-electron chi connectivity index (χ1n) is 22.0. The van der Waals surface area contributed by atoms with Gasteiger partial charge in [0.1, 0.15) is 5.92 Å². The third kappa shape index (κ3) is 24.4. The zero-order valence-electron chi connectivity index (χ0n) is 43.4. The zero-order chi connectivity index (χ0) is 67.4. The number of alkyl halides is 28. The number of halogens is 31. The van der Waals surface area contributed by atoms with Crippen LogP contribution in [0, 0.1) is 35.5 Å². The first kappa shape index (κ1) is 86.0. The first-order chi connectivity index (χ1) is 35.6. The molecule has 82 heavy (non-hydrogen) atoms. The van der Waals surface area contributed by atoms with Crippen LogP contribution in [0.5, 0.6) is 0 Å². The van der Waals surface area contributed by atoms with Crippen LogP contribution in [0.2, 0.25) is 0 Å². The van der Waals surface area contributed by atoms with Crippen LogP contribution in [0.15, 0.2) is 0 Å². The van der Waals surface area contributed by atoms with E-state index < -0.39 is 203 Å². The average Bonchev–Trinajstić information content (AvgIpc) is 3.39. The summed E-state index contributed by atoms with van der Waals surface area (Å²) in [6.07, 6.45) is -30.1.